The number of hydrogen-bond acceptors (Lipinski definition) is 0. The van der Waals surface area contributed by atoms with Crippen LogP contribution in [0.4, 0.5) is 0 Å². The zero-order chi connectivity index (χ0) is 12.1. The Morgan fingerprint density at radius 3 is 2.38 bits per heavy atom. The van der Waals surface area contributed by atoms with E-state index in [-0.39, 0.29) is 0 Å². The van der Waals surface area contributed by atoms with Crippen LogP contribution in [0.25, 0.3) is 0 Å². The third kappa shape index (κ3) is 3.64. The fourth-order valence-electron chi connectivity index (χ4n) is 3.01. The van der Waals surface area contributed by atoms with Crippen LogP contribution in [-0.4, -0.2) is 0 Å². The fourth-order valence-corrected chi connectivity index (χ4v) is 3.01. The number of allylic oxidation sites excluding steroid dienone is 2. The Morgan fingerprint density at radius 2 is 2.00 bits per heavy atom. The summed E-state index contributed by atoms with van der Waals surface area (Å²) in [5.41, 5.74) is 1.71. The normalized spacial score (nSPS) is 28.9. The number of hydrogen-bond donors (Lipinski definition) is 0. The van der Waals surface area contributed by atoms with Crippen molar-refractivity contribution in [3.63, 3.8) is 0 Å². The van der Waals surface area contributed by atoms with Gasteiger partial charge >= 0.3 is 0 Å². The highest BCUT2D eigenvalue weighted by Crippen LogP contribution is 2.48. The van der Waals surface area contributed by atoms with E-state index >= 15 is 0 Å². The van der Waals surface area contributed by atoms with Crippen molar-refractivity contribution in [3.8, 4) is 0 Å². The zero-order valence-electron chi connectivity index (χ0n) is 11.9. The first-order valence-electron chi connectivity index (χ1n) is 7.29. The molecule has 1 aliphatic carbocycles. The van der Waals surface area contributed by atoms with Crippen LogP contribution < -0.4 is 0 Å². The molecule has 0 N–H and O–H groups in total. The van der Waals surface area contributed by atoms with Crippen molar-refractivity contribution in [1.82, 2.24) is 0 Å². The summed E-state index contributed by atoms with van der Waals surface area (Å²) in [5, 5.41) is 0. The van der Waals surface area contributed by atoms with Gasteiger partial charge in [-0.2, -0.15) is 0 Å². The van der Waals surface area contributed by atoms with Crippen LogP contribution >= 0.6 is 0 Å². The smallest absolute Gasteiger partial charge is 0.0234 e. The molecule has 0 heterocycles. The molecule has 0 nitrogen and oxygen atoms in total. The summed E-state index contributed by atoms with van der Waals surface area (Å²) in [6.45, 7) is 11.7. The average molecular weight is 222 g/mol. The van der Waals surface area contributed by atoms with E-state index in [9.17, 15) is 0 Å². The Balaban J connectivity index is 2.52. The van der Waals surface area contributed by atoms with E-state index in [2.05, 4.69) is 40.7 Å². The minimum Gasteiger partial charge on any atom is -0.0882 e. The first-order chi connectivity index (χ1) is 7.63. The molecule has 1 rings (SSSR count). The van der Waals surface area contributed by atoms with Crippen molar-refractivity contribution >= 4 is 0 Å². The van der Waals surface area contributed by atoms with E-state index in [0.717, 1.165) is 23.7 Å². The molecule has 0 heteroatoms. The maximum atomic E-state index is 2.42. The van der Waals surface area contributed by atoms with Crippen LogP contribution in [0, 0.1) is 23.7 Å². The van der Waals surface area contributed by atoms with Gasteiger partial charge in [-0.15, -0.1) is 0 Å². The highest BCUT2D eigenvalue weighted by atomic mass is 14.4. The minimum atomic E-state index is 0.790. The van der Waals surface area contributed by atoms with E-state index in [1.54, 1.807) is 5.57 Å². The lowest BCUT2D eigenvalue weighted by molar-refractivity contribution is 0.387. The molecular weight excluding hydrogens is 192 g/mol. The maximum Gasteiger partial charge on any atom is -0.0234 e. The molecule has 1 fully saturated rings. The molecule has 0 spiro atoms. The first-order valence-corrected chi connectivity index (χ1v) is 7.29. The van der Waals surface area contributed by atoms with Crippen molar-refractivity contribution in [1.29, 1.82) is 0 Å². The van der Waals surface area contributed by atoms with Crippen molar-refractivity contribution in [2.75, 3.05) is 0 Å². The third-order valence-corrected chi connectivity index (χ3v) is 4.55. The molecule has 94 valence electrons. The van der Waals surface area contributed by atoms with E-state index in [1.165, 1.54) is 32.1 Å². The van der Waals surface area contributed by atoms with Gasteiger partial charge in [-0.05, 0) is 49.9 Å². The lowest BCUT2D eigenvalue weighted by Crippen LogP contribution is -2.09. The van der Waals surface area contributed by atoms with Gasteiger partial charge in [0.05, 0.1) is 0 Å². The van der Waals surface area contributed by atoms with Crippen molar-refractivity contribution in [2.24, 2.45) is 23.7 Å². The van der Waals surface area contributed by atoms with Gasteiger partial charge in [0.15, 0.2) is 0 Å². The summed E-state index contributed by atoms with van der Waals surface area (Å²) in [4.78, 5) is 0. The van der Waals surface area contributed by atoms with Gasteiger partial charge in [0.25, 0.3) is 0 Å². The van der Waals surface area contributed by atoms with Gasteiger partial charge in [0.1, 0.15) is 0 Å². The van der Waals surface area contributed by atoms with Crippen molar-refractivity contribution in [3.05, 3.63) is 11.6 Å². The summed E-state index contributed by atoms with van der Waals surface area (Å²) in [6.07, 6.45) is 9.31. The molecule has 0 aromatic heterocycles. The molecule has 0 saturated heterocycles. The lowest BCUT2D eigenvalue weighted by Gasteiger charge is -2.21. The molecule has 1 aliphatic rings. The maximum absolute atomic E-state index is 2.42. The molecular formula is C16H30. The Morgan fingerprint density at radius 1 is 1.38 bits per heavy atom. The Labute approximate surface area is 103 Å². The van der Waals surface area contributed by atoms with Gasteiger partial charge < -0.3 is 0 Å². The SMILES string of the molecule is CC=C(CC(CCC)C1CC1C)C(C)CC. The quantitative estimate of drug-likeness (QED) is 0.503. The molecule has 16 heavy (non-hydrogen) atoms. The number of rotatable bonds is 7. The molecule has 0 radical (unpaired) electrons. The highest BCUT2D eigenvalue weighted by molar-refractivity contribution is 5.07. The van der Waals surface area contributed by atoms with Crippen LogP contribution in [-0.2, 0) is 0 Å². The molecule has 0 aromatic rings. The van der Waals surface area contributed by atoms with Gasteiger partial charge in [-0.3, -0.25) is 0 Å². The summed E-state index contributed by atoms with van der Waals surface area (Å²) in [5.74, 6) is 3.81. The summed E-state index contributed by atoms with van der Waals surface area (Å²) >= 11 is 0. The van der Waals surface area contributed by atoms with Crippen LogP contribution in [0.1, 0.15) is 66.7 Å². The molecule has 0 bridgehead atoms. The molecule has 1 saturated carbocycles. The molecule has 4 unspecified atom stereocenters. The van der Waals surface area contributed by atoms with Crippen molar-refractivity contribution in [2.45, 2.75) is 66.7 Å². The molecule has 4 atom stereocenters. The summed E-state index contributed by atoms with van der Waals surface area (Å²) in [6, 6.07) is 0. The predicted molar refractivity (Wildman–Crippen MR) is 73.5 cm³/mol. The molecule has 0 aromatic carbocycles. The van der Waals surface area contributed by atoms with Gasteiger partial charge in [-0.25, -0.2) is 0 Å². The molecule has 0 amide bonds. The van der Waals surface area contributed by atoms with Crippen LogP contribution in [0.15, 0.2) is 11.6 Å². The Hall–Kier alpha value is -0.260. The van der Waals surface area contributed by atoms with Crippen LogP contribution in [0.2, 0.25) is 0 Å². The Bertz CT molecular complexity index is 226. The highest BCUT2D eigenvalue weighted by Gasteiger charge is 2.38. The summed E-state index contributed by atoms with van der Waals surface area (Å²) in [7, 11) is 0. The van der Waals surface area contributed by atoms with Crippen LogP contribution in [0.5, 0.6) is 0 Å². The van der Waals surface area contributed by atoms with E-state index in [1.807, 2.05) is 0 Å². The van der Waals surface area contributed by atoms with Gasteiger partial charge in [0.2, 0.25) is 0 Å². The average Bonchev–Trinajstić information content (AvgIpc) is 3.00. The second-order valence-corrected chi connectivity index (χ2v) is 5.80. The predicted octanol–water partition coefficient (Wildman–Crippen LogP) is 5.44. The topological polar surface area (TPSA) is 0 Å². The van der Waals surface area contributed by atoms with E-state index in [4.69, 9.17) is 0 Å². The third-order valence-electron chi connectivity index (χ3n) is 4.55. The second kappa shape index (κ2) is 6.47. The first kappa shape index (κ1) is 13.8. The summed E-state index contributed by atoms with van der Waals surface area (Å²) < 4.78 is 0. The monoisotopic (exact) mass is 222 g/mol. The lowest BCUT2D eigenvalue weighted by atomic mass is 9.84. The van der Waals surface area contributed by atoms with Gasteiger partial charge in [-0.1, -0.05) is 52.2 Å². The van der Waals surface area contributed by atoms with E-state index in [0.29, 0.717) is 0 Å². The van der Waals surface area contributed by atoms with Crippen LogP contribution in [0.3, 0.4) is 0 Å². The van der Waals surface area contributed by atoms with Gasteiger partial charge in [0, 0.05) is 0 Å². The molecule has 0 aliphatic heterocycles. The zero-order valence-corrected chi connectivity index (χ0v) is 11.9. The minimum absolute atomic E-state index is 0.790. The standard InChI is InChI=1S/C16H30/c1-6-9-15(16-10-13(16)5)11-14(8-3)12(4)7-2/h8,12-13,15-16H,6-7,9-11H2,1-5H3. The largest absolute Gasteiger partial charge is 0.0882 e. The Kier molecular flexibility index (Phi) is 5.58. The van der Waals surface area contributed by atoms with E-state index < -0.39 is 0 Å². The fraction of sp³-hybridized carbons (Fsp3) is 0.875. The second-order valence-electron chi connectivity index (χ2n) is 5.80. The van der Waals surface area contributed by atoms with Crippen molar-refractivity contribution < 1.29 is 0 Å².